The standard InChI is InChI=1S/C23H33FN6O.HI/c1-16(2)12-17(3)31-21-13-18(7-10-26-21)14-28-23(25-4)29-19-8-11-30(15-19)22-20(24)6-5-9-27-22;/h5-7,9-10,13,16-17,19H,8,11-12,14-15H2,1-4H3,(H2,25,28,29);1H. The Kier molecular flexibility index (Phi) is 10.4. The molecule has 32 heavy (non-hydrogen) atoms. The van der Waals surface area contributed by atoms with Crippen LogP contribution in [0, 0.1) is 11.7 Å². The van der Waals surface area contributed by atoms with E-state index in [0.717, 1.165) is 24.9 Å². The number of nitrogens with zero attached hydrogens (tertiary/aromatic N) is 4. The lowest BCUT2D eigenvalue weighted by Crippen LogP contribution is -2.44. The highest BCUT2D eigenvalue weighted by Crippen LogP contribution is 2.21. The molecular formula is C23H34FIN6O. The summed E-state index contributed by atoms with van der Waals surface area (Å²) in [6.07, 6.45) is 5.38. The number of aliphatic imine (C=N–C) groups is 1. The summed E-state index contributed by atoms with van der Waals surface area (Å²) in [5.41, 5.74) is 1.06. The molecule has 0 aliphatic carbocycles. The maximum absolute atomic E-state index is 14.0. The third kappa shape index (κ3) is 7.75. The van der Waals surface area contributed by atoms with Crippen molar-refractivity contribution in [2.75, 3.05) is 25.0 Å². The van der Waals surface area contributed by atoms with Gasteiger partial charge >= 0.3 is 0 Å². The third-order valence-corrected chi connectivity index (χ3v) is 5.18. The van der Waals surface area contributed by atoms with E-state index < -0.39 is 0 Å². The highest BCUT2D eigenvalue weighted by Gasteiger charge is 2.25. The van der Waals surface area contributed by atoms with Crippen LogP contribution in [-0.4, -0.2) is 48.2 Å². The van der Waals surface area contributed by atoms with Crippen molar-refractivity contribution in [3.63, 3.8) is 0 Å². The quantitative estimate of drug-likeness (QED) is 0.291. The second-order valence-corrected chi connectivity index (χ2v) is 8.37. The summed E-state index contributed by atoms with van der Waals surface area (Å²) >= 11 is 0. The second kappa shape index (κ2) is 12.8. The van der Waals surface area contributed by atoms with Gasteiger partial charge in [0, 0.05) is 51.2 Å². The first kappa shape index (κ1) is 26.1. The zero-order valence-electron chi connectivity index (χ0n) is 19.2. The van der Waals surface area contributed by atoms with Gasteiger partial charge in [0.15, 0.2) is 17.6 Å². The average molecular weight is 556 g/mol. The van der Waals surface area contributed by atoms with Crippen molar-refractivity contribution in [1.29, 1.82) is 0 Å². The van der Waals surface area contributed by atoms with Gasteiger partial charge in [-0.3, -0.25) is 4.99 Å². The van der Waals surface area contributed by atoms with Crippen molar-refractivity contribution in [3.05, 3.63) is 48.0 Å². The van der Waals surface area contributed by atoms with Crippen LogP contribution in [0.4, 0.5) is 10.2 Å². The van der Waals surface area contributed by atoms with Crippen molar-refractivity contribution in [2.24, 2.45) is 10.9 Å². The van der Waals surface area contributed by atoms with Crippen LogP contribution in [0.15, 0.2) is 41.7 Å². The smallest absolute Gasteiger partial charge is 0.213 e. The predicted molar refractivity (Wildman–Crippen MR) is 137 cm³/mol. The topological polar surface area (TPSA) is 74.7 Å². The minimum Gasteiger partial charge on any atom is -0.475 e. The summed E-state index contributed by atoms with van der Waals surface area (Å²) in [7, 11) is 1.75. The Morgan fingerprint density at radius 2 is 2.09 bits per heavy atom. The molecular weight excluding hydrogens is 522 g/mol. The van der Waals surface area contributed by atoms with Gasteiger partial charge in [0.05, 0.1) is 6.10 Å². The van der Waals surface area contributed by atoms with Crippen LogP contribution in [-0.2, 0) is 6.54 Å². The maximum Gasteiger partial charge on any atom is 0.213 e. The van der Waals surface area contributed by atoms with Gasteiger partial charge in [-0.05, 0) is 49.4 Å². The van der Waals surface area contributed by atoms with Gasteiger partial charge in [-0.2, -0.15) is 0 Å². The van der Waals surface area contributed by atoms with E-state index in [0.29, 0.717) is 36.7 Å². The molecule has 0 spiro atoms. The molecule has 9 heteroatoms. The highest BCUT2D eigenvalue weighted by molar-refractivity contribution is 14.0. The van der Waals surface area contributed by atoms with Crippen molar-refractivity contribution >= 4 is 35.8 Å². The molecule has 3 heterocycles. The zero-order chi connectivity index (χ0) is 22.2. The number of halogens is 2. The Morgan fingerprint density at radius 1 is 1.28 bits per heavy atom. The van der Waals surface area contributed by atoms with E-state index in [-0.39, 0.29) is 41.9 Å². The average Bonchev–Trinajstić information content (AvgIpc) is 3.19. The van der Waals surface area contributed by atoms with Crippen LogP contribution < -0.4 is 20.3 Å². The van der Waals surface area contributed by atoms with Gasteiger partial charge in [0.2, 0.25) is 5.88 Å². The Hall–Kier alpha value is -2.17. The van der Waals surface area contributed by atoms with Crippen molar-refractivity contribution in [1.82, 2.24) is 20.6 Å². The molecule has 0 aromatic carbocycles. The van der Waals surface area contributed by atoms with Crippen LogP contribution in [0.25, 0.3) is 0 Å². The molecule has 1 saturated heterocycles. The summed E-state index contributed by atoms with van der Waals surface area (Å²) < 4.78 is 19.9. The molecule has 2 N–H and O–H groups in total. The van der Waals surface area contributed by atoms with Crippen molar-refractivity contribution < 1.29 is 9.13 Å². The molecule has 3 rings (SSSR count). The SMILES string of the molecule is CN=C(NCc1ccnc(OC(C)CC(C)C)c1)NC1CCN(c2ncccc2F)C1.I. The fraction of sp³-hybridized carbons (Fsp3) is 0.522. The van der Waals surface area contributed by atoms with Crippen LogP contribution in [0.5, 0.6) is 5.88 Å². The monoisotopic (exact) mass is 556 g/mol. The van der Waals surface area contributed by atoms with Crippen molar-refractivity contribution in [2.45, 2.75) is 52.3 Å². The predicted octanol–water partition coefficient (Wildman–Crippen LogP) is 3.99. The largest absolute Gasteiger partial charge is 0.475 e. The van der Waals surface area contributed by atoms with Crippen LogP contribution in [0.1, 0.15) is 39.2 Å². The Morgan fingerprint density at radius 3 is 2.81 bits per heavy atom. The zero-order valence-corrected chi connectivity index (χ0v) is 21.5. The number of ether oxygens (including phenoxy) is 1. The summed E-state index contributed by atoms with van der Waals surface area (Å²) in [6.45, 7) is 8.46. The summed E-state index contributed by atoms with van der Waals surface area (Å²) in [5.74, 6) is 2.05. The van der Waals surface area contributed by atoms with E-state index in [4.69, 9.17) is 4.74 Å². The first-order chi connectivity index (χ1) is 14.9. The van der Waals surface area contributed by atoms with Gasteiger partial charge in [-0.25, -0.2) is 14.4 Å². The van der Waals surface area contributed by atoms with E-state index >= 15 is 0 Å². The Balaban J connectivity index is 0.00000363. The lowest BCUT2D eigenvalue weighted by Gasteiger charge is -2.20. The van der Waals surface area contributed by atoms with Gasteiger partial charge in [0.1, 0.15) is 0 Å². The Labute approximate surface area is 207 Å². The number of nitrogens with one attached hydrogen (secondary N) is 2. The molecule has 7 nitrogen and oxygen atoms in total. The number of anilines is 1. The van der Waals surface area contributed by atoms with E-state index in [9.17, 15) is 4.39 Å². The molecule has 1 fully saturated rings. The molecule has 0 amide bonds. The van der Waals surface area contributed by atoms with Crippen LogP contribution in [0.3, 0.4) is 0 Å². The minimum atomic E-state index is -0.288. The van der Waals surface area contributed by atoms with E-state index in [1.165, 1.54) is 6.07 Å². The van der Waals surface area contributed by atoms with Crippen LogP contribution >= 0.6 is 24.0 Å². The molecule has 1 aliphatic heterocycles. The molecule has 0 bridgehead atoms. The number of aromatic nitrogens is 2. The lowest BCUT2D eigenvalue weighted by molar-refractivity contribution is 0.185. The number of rotatable bonds is 8. The van der Waals surface area contributed by atoms with Gasteiger partial charge in [-0.15, -0.1) is 24.0 Å². The fourth-order valence-electron chi connectivity index (χ4n) is 3.80. The normalized spacial score (nSPS) is 17.1. The highest BCUT2D eigenvalue weighted by atomic mass is 127. The first-order valence-electron chi connectivity index (χ1n) is 10.9. The summed E-state index contributed by atoms with van der Waals surface area (Å²) in [5, 5.41) is 6.76. The number of hydrogen-bond acceptors (Lipinski definition) is 5. The maximum atomic E-state index is 14.0. The molecule has 2 atom stereocenters. The third-order valence-electron chi connectivity index (χ3n) is 5.18. The van der Waals surface area contributed by atoms with E-state index in [1.807, 2.05) is 17.0 Å². The Bertz CT molecular complexity index is 881. The van der Waals surface area contributed by atoms with Gasteiger partial charge in [0.25, 0.3) is 0 Å². The van der Waals surface area contributed by atoms with E-state index in [2.05, 4.69) is 46.4 Å². The van der Waals surface area contributed by atoms with E-state index in [1.54, 1.807) is 25.5 Å². The van der Waals surface area contributed by atoms with Gasteiger partial charge in [-0.1, -0.05) is 13.8 Å². The minimum absolute atomic E-state index is 0. The second-order valence-electron chi connectivity index (χ2n) is 8.37. The summed E-state index contributed by atoms with van der Waals surface area (Å²) in [4.78, 5) is 14.8. The fourth-order valence-corrected chi connectivity index (χ4v) is 3.80. The molecule has 176 valence electrons. The molecule has 1 aliphatic rings. The molecule has 0 radical (unpaired) electrons. The molecule has 0 saturated carbocycles. The first-order valence-corrected chi connectivity index (χ1v) is 10.9. The lowest BCUT2D eigenvalue weighted by atomic mass is 10.1. The number of guanidine groups is 1. The number of pyridine rings is 2. The molecule has 2 aromatic rings. The van der Waals surface area contributed by atoms with Crippen molar-refractivity contribution in [3.8, 4) is 5.88 Å². The molecule has 2 aromatic heterocycles. The van der Waals surface area contributed by atoms with Crippen LogP contribution in [0.2, 0.25) is 0 Å². The van der Waals surface area contributed by atoms with Gasteiger partial charge < -0.3 is 20.3 Å². The molecule has 2 unspecified atom stereocenters. The number of hydrogen-bond donors (Lipinski definition) is 2. The summed E-state index contributed by atoms with van der Waals surface area (Å²) in [6, 6.07) is 7.14.